The first-order valence-corrected chi connectivity index (χ1v) is 6.73. The second-order valence-electron chi connectivity index (χ2n) is 4.16. The monoisotopic (exact) mass is 260 g/mol. The molecule has 1 aromatic heterocycles. The molecule has 0 unspecified atom stereocenters. The number of hydrogen-bond donors (Lipinski definition) is 2. The van der Waals surface area contributed by atoms with Crippen molar-refractivity contribution < 1.29 is 4.79 Å². The molecule has 2 aromatic rings. The normalized spacial score (nSPS) is 10.3. The van der Waals surface area contributed by atoms with Crippen LogP contribution in [0.25, 0.3) is 0 Å². The number of rotatable bonds is 3. The van der Waals surface area contributed by atoms with Gasteiger partial charge >= 0.3 is 0 Å². The number of amides is 1. The highest BCUT2D eigenvalue weighted by molar-refractivity contribution is 7.12. The Labute approximate surface area is 111 Å². The minimum Gasteiger partial charge on any atom is -0.399 e. The number of carbonyl (C=O) groups is 1. The third kappa shape index (κ3) is 2.54. The Morgan fingerprint density at radius 3 is 2.83 bits per heavy atom. The van der Waals surface area contributed by atoms with Crippen molar-refractivity contribution in [3.8, 4) is 0 Å². The highest BCUT2D eigenvalue weighted by Crippen LogP contribution is 2.25. The fourth-order valence-electron chi connectivity index (χ4n) is 1.93. The van der Waals surface area contributed by atoms with Crippen molar-refractivity contribution in [1.29, 1.82) is 0 Å². The van der Waals surface area contributed by atoms with E-state index in [1.807, 2.05) is 36.6 Å². The van der Waals surface area contributed by atoms with Crippen LogP contribution in [0.1, 0.15) is 27.7 Å². The van der Waals surface area contributed by atoms with Gasteiger partial charge in [0, 0.05) is 11.4 Å². The average molecular weight is 260 g/mol. The van der Waals surface area contributed by atoms with E-state index < -0.39 is 0 Å². The van der Waals surface area contributed by atoms with Crippen molar-refractivity contribution in [3.05, 3.63) is 45.6 Å². The third-order valence-corrected chi connectivity index (χ3v) is 3.67. The summed E-state index contributed by atoms with van der Waals surface area (Å²) in [5, 5.41) is 4.87. The Morgan fingerprint density at radius 1 is 1.44 bits per heavy atom. The van der Waals surface area contributed by atoms with Crippen molar-refractivity contribution >= 4 is 28.6 Å². The van der Waals surface area contributed by atoms with Crippen LogP contribution in [0.4, 0.5) is 11.4 Å². The molecule has 0 radical (unpaired) electrons. The van der Waals surface area contributed by atoms with Gasteiger partial charge in [-0.1, -0.05) is 13.0 Å². The first-order chi connectivity index (χ1) is 8.61. The van der Waals surface area contributed by atoms with Crippen LogP contribution in [-0.2, 0) is 6.42 Å². The number of hydrogen-bond acceptors (Lipinski definition) is 3. The molecule has 1 amide bonds. The smallest absolute Gasteiger partial charge is 0.265 e. The van der Waals surface area contributed by atoms with Gasteiger partial charge in [-0.05, 0) is 48.1 Å². The van der Waals surface area contributed by atoms with E-state index in [0.29, 0.717) is 4.88 Å². The summed E-state index contributed by atoms with van der Waals surface area (Å²) < 4.78 is 0. The van der Waals surface area contributed by atoms with E-state index in [0.717, 1.165) is 28.9 Å². The fraction of sp³-hybridized carbons (Fsp3) is 0.214. The molecule has 0 saturated heterocycles. The number of carbonyl (C=O) groups excluding carboxylic acids is 1. The van der Waals surface area contributed by atoms with Crippen LogP contribution in [0.15, 0.2) is 29.6 Å². The average Bonchev–Trinajstić information content (AvgIpc) is 2.85. The van der Waals surface area contributed by atoms with E-state index in [2.05, 4.69) is 12.2 Å². The van der Waals surface area contributed by atoms with Gasteiger partial charge < -0.3 is 11.1 Å². The zero-order valence-electron chi connectivity index (χ0n) is 10.5. The Hall–Kier alpha value is -1.81. The van der Waals surface area contributed by atoms with Crippen LogP contribution >= 0.6 is 11.3 Å². The van der Waals surface area contributed by atoms with Gasteiger partial charge in [0.05, 0.1) is 4.88 Å². The lowest BCUT2D eigenvalue weighted by molar-refractivity contribution is 0.103. The van der Waals surface area contributed by atoms with Gasteiger partial charge in [0.1, 0.15) is 0 Å². The van der Waals surface area contributed by atoms with E-state index in [9.17, 15) is 4.79 Å². The first kappa shape index (κ1) is 12.6. The van der Waals surface area contributed by atoms with Gasteiger partial charge in [-0.25, -0.2) is 0 Å². The minimum absolute atomic E-state index is 0.0624. The predicted octanol–water partition coefficient (Wildman–Crippen LogP) is 3.45. The molecule has 1 aromatic carbocycles. The summed E-state index contributed by atoms with van der Waals surface area (Å²) in [5.41, 5.74) is 9.50. The highest BCUT2D eigenvalue weighted by atomic mass is 32.1. The minimum atomic E-state index is -0.0624. The molecule has 2 rings (SSSR count). The molecule has 0 aliphatic carbocycles. The van der Waals surface area contributed by atoms with Gasteiger partial charge in [0.25, 0.3) is 5.91 Å². The summed E-state index contributed by atoms with van der Waals surface area (Å²) in [4.78, 5) is 12.8. The summed E-state index contributed by atoms with van der Waals surface area (Å²) in [6.07, 6.45) is 0.839. The van der Waals surface area contributed by atoms with Gasteiger partial charge in [-0.2, -0.15) is 0 Å². The largest absolute Gasteiger partial charge is 0.399 e. The molecular weight excluding hydrogens is 244 g/mol. The molecule has 0 bridgehead atoms. The van der Waals surface area contributed by atoms with E-state index >= 15 is 0 Å². The second-order valence-corrected chi connectivity index (χ2v) is 5.10. The Balaban J connectivity index is 2.31. The number of aryl methyl sites for hydroxylation is 2. The molecule has 0 fully saturated rings. The lowest BCUT2D eigenvalue weighted by atomic mass is 10.0. The molecule has 1 heterocycles. The molecule has 94 valence electrons. The fourth-order valence-corrected chi connectivity index (χ4v) is 2.55. The number of thiophene rings is 1. The maximum atomic E-state index is 12.0. The SMILES string of the molecule is CCc1cc(N)cc(C)c1NC(=O)c1cccs1. The van der Waals surface area contributed by atoms with Crippen molar-refractivity contribution in [2.75, 3.05) is 11.1 Å². The van der Waals surface area contributed by atoms with Crippen molar-refractivity contribution in [2.45, 2.75) is 20.3 Å². The zero-order chi connectivity index (χ0) is 13.1. The van der Waals surface area contributed by atoms with Crippen LogP contribution in [0.2, 0.25) is 0 Å². The molecule has 0 aliphatic rings. The molecular formula is C14H16N2OS. The summed E-state index contributed by atoms with van der Waals surface area (Å²) in [6, 6.07) is 7.48. The molecule has 3 nitrogen and oxygen atoms in total. The van der Waals surface area contributed by atoms with Gasteiger partial charge in [-0.15, -0.1) is 11.3 Å². The van der Waals surface area contributed by atoms with E-state index in [4.69, 9.17) is 5.73 Å². The molecule has 3 N–H and O–H groups in total. The van der Waals surface area contributed by atoms with Crippen LogP contribution in [0.5, 0.6) is 0 Å². The summed E-state index contributed by atoms with van der Waals surface area (Å²) >= 11 is 1.44. The van der Waals surface area contributed by atoms with Crippen LogP contribution in [-0.4, -0.2) is 5.91 Å². The summed E-state index contributed by atoms with van der Waals surface area (Å²) in [6.45, 7) is 4.01. The number of nitrogens with two attached hydrogens (primary N) is 1. The lowest BCUT2D eigenvalue weighted by Gasteiger charge is -2.13. The van der Waals surface area contributed by atoms with E-state index in [-0.39, 0.29) is 5.91 Å². The summed E-state index contributed by atoms with van der Waals surface area (Å²) in [7, 11) is 0. The molecule has 0 atom stereocenters. The van der Waals surface area contributed by atoms with Gasteiger partial charge in [-0.3, -0.25) is 4.79 Å². The van der Waals surface area contributed by atoms with E-state index in [1.54, 1.807) is 0 Å². The van der Waals surface area contributed by atoms with E-state index in [1.165, 1.54) is 11.3 Å². The summed E-state index contributed by atoms with van der Waals surface area (Å²) in [5.74, 6) is -0.0624. The van der Waals surface area contributed by atoms with Crippen molar-refractivity contribution in [2.24, 2.45) is 0 Å². The molecule has 0 saturated carbocycles. The number of nitrogens with one attached hydrogen (secondary N) is 1. The van der Waals surface area contributed by atoms with Crippen LogP contribution in [0.3, 0.4) is 0 Å². The predicted molar refractivity (Wildman–Crippen MR) is 77.2 cm³/mol. The molecule has 18 heavy (non-hydrogen) atoms. The third-order valence-electron chi connectivity index (χ3n) is 2.80. The first-order valence-electron chi connectivity index (χ1n) is 5.85. The zero-order valence-corrected chi connectivity index (χ0v) is 11.3. The Kier molecular flexibility index (Phi) is 3.67. The van der Waals surface area contributed by atoms with Crippen molar-refractivity contribution in [3.63, 3.8) is 0 Å². The van der Waals surface area contributed by atoms with Crippen LogP contribution < -0.4 is 11.1 Å². The highest BCUT2D eigenvalue weighted by Gasteiger charge is 2.12. The van der Waals surface area contributed by atoms with Crippen LogP contribution in [0, 0.1) is 6.92 Å². The molecule has 0 aliphatic heterocycles. The maximum Gasteiger partial charge on any atom is 0.265 e. The maximum absolute atomic E-state index is 12.0. The number of benzene rings is 1. The van der Waals surface area contributed by atoms with Gasteiger partial charge in [0.2, 0.25) is 0 Å². The number of anilines is 2. The lowest BCUT2D eigenvalue weighted by Crippen LogP contribution is -2.13. The Morgan fingerprint density at radius 2 is 2.22 bits per heavy atom. The second kappa shape index (κ2) is 5.23. The molecule has 4 heteroatoms. The quantitative estimate of drug-likeness (QED) is 0.830. The number of nitrogen functional groups attached to an aromatic ring is 1. The Bertz CT molecular complexity index is 561. The van der Waals surface area contributed by atoms with Gasteiger partial charge in [0.15, 0.2) is 0 Å². The molecule has 0 spiro atoms. The van der Waals surface area contributed by atoms with Crippen molar-refractivity contribution in [1.82, 2.24) is 0 Å². The topological polar surface area (TPSA) is 55.1 Å². The standard InChI is InChI=1S/C14H16N2OS/c1-3-10-8-11(15)7-9(2)13(10)16-14(17)12-5-4-6-18-12/h4-8H,3,15H2,1-2H3,(H,16,17).